The first-order valence-electron chi connectivity index (χ1n) is 3.43. The Morgan fingerprint density at radius 1 is 1.73 bits per heavy atom. The van der Waals surface area contributed by atoms with Crippen molar-refractivity contribution in [3.63, 3.8) is 0 Å². The van der Waals surface area contributed by atoms with E-state index in [1.165, 1.54) is 0 Å². The van der Waals surface area contributed by atoms with Crippen molar-refractivity contribution in [3.05, 3.63) is 0 Å². The second-order valence-electron chi connectivity index (χ2n) is 2.99. The summed E-state index contributed by atoms with van der Waals surface area (Å²) >= 11 is 4.09. The average molecular weight is 213 g/mol. The second-order valence-corrected chi connectivity index (χ2v) is 4.82. The largest absolute Gasteiger partial charge is 0.298 e. The Bertz CT molecular complexity index is 143. The molecule has 66 valence electrons. The van der Waals surface area contributed by atoms with E-state index in [9.17, 15) is 4.79 Å². The van der Waals surface area contributed by atoms with Crippen molar-refractivity contribution < 1.29 is 4.79 Å². The van der Waals surface area contributed by atoms with Gasteiger partial charge in [0.1, 0.15) is 0 Å². The first-order valence-corrected chi connectivity index (χ1v) is 5.70. The fourth-order valence-corrected chi connectivity index (χ4v) is 2.08. The van der Waals surface area contributed by atoms with E-state index < -0.39 is 4.75 Å². The molecule has 0 aromatic heterocycles. The molecule has 1 nitrogen and oxygen atoms in total. The summed E-state index contributed by atoms with van der Waals surface area (Å²) in [5.74, 6) is 0.670. The fraction of sp³-hybridized carbons (Fsp3) is 0.857. The molecule has 0 aromatic carbocycles. The maximum Gasteiger partial charge on any atom is 0.153 e. The number of hydrogen-bond donors (Lipinski definition) is 1. The van der Waals surface area contributed by atoms with Crippen LogP contribution in [0, 0.1) is 5.92 Å². The van der Waals surface area contributed by atoms with Crippen LogP contribution in [0.4, 0.5) is 0 Å². The van der Waals surface area contributed by atoms with Crippen LogP contribution in [0.1, 0.15) is 20.8 Å². The summed E-state index contributed by atoms with van der Waals surface area (Å²) in [6.07, 6.45) is 0. The highest BCUT2D eigenvalue weighted by Gasteiger charge is 2.33. The van der Waals surface area contributed by atoms with Gasteiger partial charge in [-0.15, -0.1) is 0 Å². The van der Waals surface area contributed by atoms with Gasteiger partial charge in [0.05, 0.1) is 4.75 Å². The van der Waals surface area contributed by atoms with Crippen LogP contribution in [0.5, 0.6) is 0 Å². The minimum atomic E-state index is -0.529. The van der Waals surface area contributed by atoms with Crippen molar-refractivity contribution in [3.8, 4) is 0 Å². The molecule has 0 radical (unpaired) electrons. The predicted octanol–water partition coefficient (Wildman–Crippen LogP) is 2.79. The summed E-state index contributed by atoms with van der Waals surface area (Å²) in [4.78, 5) is 11.5. The lowest BCUT2D eigenvalue weighted by Gasteiger charge is -2.23. The smallest absolute Gasteiger partial charge is 0.153 e. The van der Waals surface area contributed by atoms with Gasteiger partial charge in [0.2, 0.25) is 0 Å². The number of carbonyl (C=O) groups excluding carboxylic acids is 1. The van der Waals surface area contributed by atoms with Crippen LogP contribution in [0.15, 0.2) is 0 Å². The van der Waals surface area contributed by atoms with Crippen molar-refractivity contribution in [2.24, 2.45) is 5.92 Å². The molecule has 0 amide bonds. The Labute approximate surface area is 82.2 Å². The summed E-state index contributed by atoms with van der Waals surface area (Å²) in [6.45, 7) is 5.56. The van der Waals surface area contributed by atoms with Crippen molar-refractivity contribution >= 4 is 40.1 Å². The van der Waals surface area contributed by atoms with E-state index in [0.717, 1.165) is 11.0 Å². The molecule has 4 heteroatoms. The van der Waals surface area contributed by atoms with Crippen LogP contribution in [0.3, 0.4) is 0 Å². The zero-order valence-electron chi connectivity index (χ0n) is 6.93. The molecular weight excluding hydrogens is 200 g/mol. The number of halogens is 1. The number of rotatable bonds is 4. The molecule has 0 aliphatic heterocycles. The maximum absolute atomic E-state index is 11.5. The molecule has 1 unspecified atom stereocenters. The fourth-order valence-electron chi connectivity index (χ4n) is 0.751. The maximum atomic E-state index is 11.5. The van der Waals surface area contributed by atoms with Gasteiger partial charge in [-0.25, -0.2) is 0 Å². The van der Waals surface area contributed by atoms with Gasteiger partial charge in [-0.05, 0) is 28.6 Å². The minimum absolute atomic E-state index is 0.0263. The number of Topliss-reactive ketones (excluding diaryl/α,β-unsaturated/α-hetero) is 1. The average Bonchev–Trinajstić information content (AvgIpc) is 2.01. The van der Waals surface area contributed by atoms with Gasteiger partial charge < -0.3 is 0 Å². The summed E-state index contributed by atoms with van der Waals surface area (Å²) in [5, 5.41) is 0. The zero-order chi connectivity index (χ0) is 9.07. The molecule has 0 aromatic rings. The van der Waals surface area contributed by atoms with E-state index in [4.69, 9.17) is 10.7 Å². The normalized spacial score (nSPS) is 16.5. The molecule has 0 aliphatic rings. The van der Waals surface area contributed by atoms with E-state index >= 15 is 0 Å². The van der Waals surface area contributed by atoms with E-state index in [-0.39, 0.29) is 11.7 Å². The molecule has 0 saturated heterocycles. The van der Waals surface area contributed by atoms with Crippen molar-refractivity contribution in [2.45, 2.75) is 25.5 Å². The number of ketones is 1. The molecule has 0 saturated carbocycles. The molecule has 0 N–H and O–H groups in total. The number of hydrogen-bond acceptors (Lipinski definition) is 3. The lowest BCUT2D eigenvalue weighted by atomic mass is 9.98. The molecule has 0 rings (SSSR count). The Morgan fingerprint density at radius 3 is 2.27 bits per heavy atom. The minimum Gasteiger partial charge on any atom is -0.298 e. The zero-order valence-corrected chi connectivity index (χ0v) is 9.39. The van der Waals surface area contributed by atoms with Crippen LogP contribution in [0.25, 0.3) is 0 Å². The first-order chi connectivity index (χ1) is 4.98. The molecule has 0 aliphatic carbocycles. The van der Waals surface area contributed by atoms with E-state index in [2.05, 4.69) is 12.6 Å². The lowest BCUT2D eigenvalue weighted by molar-refractivity contribution is -0.123. The number of carbonyl (C=O) groups is 1. The van der Waals surface area contributed by atoms with Gasteiger partial charge in [0.25, 0.3) is 0 Å². The predicted molar refractivity (Wildman–Crippen MR) is 55.5 cm³/mol. The highest BCUT2D eigenvalue weighted by atomic mass is 35.7. The second kappa shape index (κ2) is 4.63. The Morgan fingerprint density at radius 2 is 2.18 bits per heavy atom. The quantitative estimate of drug-likeness (QED) is 0.722. The third-order valence-electron chi connectivity index (χ3n) is 1.52. The Balaban J connectivity index is 4.37. The molecular formula is C7H13ClOS2. The molecule has 1 atom stereocenters. The summed E-state index contributed by atoms with van der Waals surface area (Å²) in [5.41, 5.74) is 0. The van der Waals surface area contributed by atoms with E-state index in [1.807, 2.05) is 20.8 Å². The van der Waals surface area contributed by atoms with Crippen molar-refractivity contribution in [1.82, 2.24) is 0 Å². The summed E-state index contributed by atoms with van der Waals surface area (Å²) in [7, 11) is 6.65. The Hall–Kier alpha value is 0.660. The van der Waals surface area contributed by atoms with Crippen LogP contribution < -0.4 is 0 Å². The third kappa shape index (κ3) is 2.88. The van der Waals surface area contributed by atoms with E-state index in [1.54, 1.807) is 0 Å². The standard InChI is InChI=1S/C7H13ClOS2/c1-5(2)6(9)7(3,4-10)11-8/h5,10H,4H2,1-3H3. The van der Waals surface area contributed by atoms with Gasteiger partial charge in [0, 0.05) is 11.7 Å². The van der Waals surface area contributed by atoms with Crippen LogP contribution in [-0.2, 0) is 4.79 Å². The van der Waals surface area contributed by atoms with Gasteiger partial charge in [-0.1, -0.05) is 13.8 Å². The SMILES string of the molecule is CC(C)C(=O)C(C)(CS)SCl. The molecule has 0 spiro atoms. The molecule has 11 heavy (non-hydrogen) atoms. The number of thiol groups is 1. The van der Waals surface area contributed by atoms with Gasteiger partial charge >= 0.3 is 0 Å². The van der Waals surface area contributed by atoms with Gasteiger partial charge in [0.15, 0.2) is 5.78 Å². The van der Waals surface area contributed by atoms with E-state index in [0.29, 0.717) is 5.75 Å². The van der Waals surface area contributed by atoms with Gasteiger partial charge in [-0.3, -0.25) is 4.79 Å². The topological polar surface area (TPSA) is 17.1 Å². The highest BCUT2D eigenvalue weighted by Crippen LogP contribution is 2.32. The van der Waals surface area contributed by atoms with Crippen LogP contribution >= 0.6 is 34.3 Å². The third-order valence-corrected chi connectivity index (χ3v) is 4.07. The summed E-state index contributed by atoms with van der Waals surface area (Å²) < 4.78 is -0.529. The highest BCUT2D eigenvalue weighted by molar-refractivity contribution is 8.23. The first kappa shape index (κ1) is 11.7. The van der Waals surface area contributed by atoms with Gasteiger partial charge in [-0.2, -0.15) is 12.6 Å². The van der Waals surface area contributed by atoms with Crippen LogP contribution in [0.2, 0.25) is 0 Å². The van der Waals surface area contributed by atoms with Crippen molar-refractivity contribution in [1.29, 1.82) is 0 Å². The molecule has 0 bridgehead atoms. The van der Waals surface area contributed by atoms with Crippen molar-refractivity contribution in [2.75, 3.05) is 5.75 Å². The Kier molecular flexibility index (Phi) is 4.91. The molecule has 0 heterocycles. The monoisotopic (exact) mass is 212 g/mol. The molecule has 0 fully saturated rings. The summed E-state index contributed by atoms with van der Waals surface area (Å²) in [6, 6.07) is 0. The van der Waals surface area contributed by atoms with Crippen LogP contribution in [-0.4, -0.2) is 16.3 Å². The lowest BCUT2D eigenvalue weighted by Crippen LogP contribution is -2.35.